The number of benzene rings is 3. The normalized spacial score (nSPS) is 12.7. The maximum Gasteiger partial charge on any atom is 0.264 e. The van der Waals surface area contributed by atoms with Gasteiger partial charge in [0.15, 0.2) is 9.84 Å². The van der Waals surface area contributed by atoms with Crippen LogP contribution in [-0.2, 0) is 19.9 Å². The van der Waals surface area contributed by atoms with Crippen molar-refractivity contribution in [1.29, 1.82) is 0 Å². The molecule has 3 rings (SSSR count). The highest BCUT2D eigenvalue weighted by molar-refractivity contribution is 7.92. The molecule has 0 radical (unpaired) electrons. The number of hydrogen-bond acceptors (Lipinski definition) is 5. The first kappa shape index (κ1) is 24.5. The molecule has 3 aromatic rings. The molecule has 0 aliphatic rings. The standard InChI is InChI=1S/C24H26N2O5S2/c1-17-9-13-21(14-10-17)33(30,31)26(3)23-8-6-5-7-22(23)24(27)25-18(2)19-11-15-20(16-12-19)32(4,28)29/h5-16,18H,1-4H3,(H,25,27)/t18-/m0/s1. The van der Waals surface area contributed by atoms with E-state index in [0.29, 0.717) is 5.56 Å². The Morgan fingerprint density at radius 3 is 1.97 bits per heavy atom. The van der Waals surface area contributed by atoms with Gasteiger partial charge in [-0.05, 0) is 55.8 Å². The maximum absolute atomic E-state index is 13.1. The Balaban J connectivity index is 1.86. The van der Waals surface area contributed by atoms with Gasteiger partial charge >= 0.3 is 0 Å². The molecule has 3 aromatic carbocycles. The number of carbonyl (C=O) groups is 1. The van der Waals surface area contributed by atoms with Gasteiger partial charge in [-0.3, -0.25) is 9.10 Å². The molecular weight excluding hydrogens is 460 g/mol. The fraction of sp³-hybridized carbons (Fsp3) is 0.208. The zero-order valence-electron chi connectivity index (χ0n) is 18.8. The molecule has 0 bridgehead atoms. The third-order valence-electron chi connectivity index (χ3n) is 5.32. The van der Waals surface area contributed by atoms with E-state index < -0.39 is 31.8 Å². The van der Waals surface area contributed by atoms with E-state index in [0.717, 1.165) is 16.1 Å². The lowest BCUT2D eigenvalue weighted by atomic mass is 10.1. The Morgan fingerprint density at radius 1 is 0.848 bits per heavy atom. The Labute approximate surface area is 195 Å². The fourth-order valence-electron chi connectivity index (χ4n) is 3.30. The van der Waals surface area contributed by atoms with E-state index in [1.807, 2.05) is 6.92 Å². The Hall–Kier alpha value is -3.17. The van der Waals surface area contributed by atoms with Crippen molar-refractivity contribution < 1.29 is 21.6 Å². The fourth-order valence-corrected chi connectivity index (χ4v) is 5.14. The summed E-state index contributed by atoms with van der Waals surface area (Å²) in [7, 11) is -5.77. The van der Waals surface area contributed by atoms with Gasteiger partial charge in [0.1, 0.15) is 0 Å². The number of aryl methyl sites for hydroxylation is 1. The number of nitrogens with one attached hydrogen (secondary N) is 1. The van der Waals surface area contributed by atoms with Gasteiger partial charge < -0.3 is 5.32 Å². The summed E-state index contributed by atoms with van der Waals surface area (Å²) in [6.07, 6.45) is 1.13. The third kappa shape index (κ3) is 5.43. The van der Waals surface area contributed by atoms with E-state index in [4.69, 9.17) is 0 Å². The first-order valence-corrected chi connectivity index (χ1v) is 13.5. The number of sulfone groups is 1. The van der Waals surface area contributed by atoms with Crippen LogP contribution in [-0.4, -0.2) is 36.0 Å². The van der Waals surface area contributed by atoms with Crippen molar-refractivity contribution in [3.05, 3.63) is 89.5 Å². The SMILES string of the molecule is Cc1ccc(S(=O)(=O)N(C)c2ccccc2C(=O)N[C@@H](C)c2ccc(S(C)(=O)=O)cc2)cc1. The summed E-state index contributed by atoms with van der Waals surface area (Å²) in [5.41, 5.74) is 2.11. The molecule has 0 aliphatic heterocycles. The van der Waals surface area contributed by atoms with Gasteiger partial charge in [-0.25, -0.2) is 16.8 Å². The number of anilines is 1. The van der Waals surface area contributed by atoms with Crippen LogP contribution in [0, 0.1) is 6.92 Å². The van der Waals surface area contributed by atoms with Gasteiger partial charge in [0.25, 0.3) is 15.9 Å². The number of para-hydroxylation sites is 1. The zero-order chi connectivity index (χ0) is 24.4. The molecule has 1 N–H and O–H groups in total. The number of nitrogens with zero attached hydrogens (tertiary/aromatic N) is 1. The minimum absolute atomic E-state index is 0.130. The van der Waals surface area contributed by atoms with E-state index in [-0.39, 0.29) is 21.0 Å². The van der Waals surface area contributed by atoms with Gasteiger partial charge in [-0.2, -0.15) is 0 Å². The zero-order valence-corrected chi connectivity index (χ0v) is 20.4. The number of carbonyl (C=O) groups excluding carboxylic acids is 1. The summed E-state index contributed by atoms with van der Waals surface area (Å²) in [6.45, 7) is 3.64. The molecule has 1 amide bonds. The van der Waals surface area contributed by atoms with Gasteiger partial charge in [-0.1, -0.05) is 42.0 Å². The molecule has 0 saturated heterocycles. The summed E-state index contributed by atoms with van der Waals surface area (Å²) < 4.78 is 50.6. The molecule has 0 fully saturated rings. The second kappa shape index (κ2) is 9.36. The van der Waals surface area contributed by atoms with Gasteiger partial charge in [-0.15, -0.1) is 0 Å². The molecule has 0 saturated carbocycles. The summed E-state index contributed by atoms with van der Waals surface area (Å²) in [4.78, 5) is 13.4. The smallest absolute Gasteiger partial charge is 0.264 e. The average Bonchev–Trinajstić information content (AvgIpc) is 2.78. The van der Waals surface area contributed by atoms with Crippen molar-refractivity contribution in [1.82, 2.24) is 5.32 Å². The highest BCUT2D eigenvalue weighted by Crippen LogP contribution is 2.26. The summed E-state index contributed by atoms with van der Waals surface area (Å²) in [6, 6.07) is 18.8. The maximum atomic E-state index is 13.1. The van der Waals surface area contributed by atoms with Crippen LogP contribution in [0.3, 0.4) is 0 Å². The van der Waals surface area contributed by atoms with Crippen LogP contribution in [0.1, 0.15) is 34.5 Å². The lowest BCUT2D eigenvalue weighted by Crippen LogP contribution is -2.31. The van der Waals surface area contributed by atoms with Crippen molar-refractivity contribution in [2.45, 2.75) is 29.7 Å². The van der Waals surface area contributed by atoms with Gasteiger partial charge in [0.2, 0.25) is 0 Å². The molecule has 7 nitrogen and oxygen atoms in total. The monoisotopic (exact) mass is 486 g/mol. The van der Waals surface area contributed by atoms with Crippen LogP contribution in [0.2, 0.25) is 0 Å². The van der Waals surface area contributed by atoms with E-state index in [1.165, 1.54) is 31.3 Å². The third-order valence-corrected chi connectivity index (χ3v) is 8.24. The molecule has 9 heteroatoms. The molecule has 33 heavy (non-hydrogen) atoms. The molecule has 174 valence electrons. The van der Waals surface area contributed by atoms with E-state index >= 15 is 0 Å². The first-order chi connectivity index (χ1) is 15.4. The lowest BCUT2D eigenvalue weighted by molar-refractivity contribution is 0.0940. The van der Waals surface area contributed by atoms with Crippen molar-refractivity contribution in [2.24, 2.45) is 0 Å². The molecule has 0 aliphatic carbocycles. The predicted molar refractivity (Wildman–Crippen MR) is 129 cm³/mol. The second-order valence-corrected chi connectivity index (χ2v) is 11.8. The number of amides is 1. The predicted octanol–water partition coefficient (Wildman–Crippen LogP) is 3.71. The van der Waals surface area contributed by atoms with Crippen LogP contribution < -0.4 is 9.62 Å². The Bertz CT molecular complexity index is 1370. The molecular formula is C24H26N2O5S2. The second-order valence-electron chi connectivity index (χ2n) is 7.84. The van der Waals surface area contributed by atoms with E-state index in [9.17, 15) is 21.6 Å². The number of rotatable bonds is 7. The highest BCUT2D eigenvalue weighted by Gasteiger charge is 2.25. The molecule has 0 spiro atoms. The Morgan fingerprint density at radius 2 is 1.39 bits per heavy atom. The van der Waals surface area contributed by atoms with Crippen molar-refractivity contribution in [3.63, 3.8) is 0 Å². The molecule has 1 atom stereocenters. The topological polar surface area (TPSA) is 101 Å². The molecule has 0 unspecified atom stereocenters. The first-order valence-electron chi connectivity index (χ1n) is 10.2. The van der Waals surface area contributed by atoms with E-state index in [2.05, 4.69) is 5.32 Å². The summed E-state index contributed by atoms with van der Waals surface area (Å²) in [5.74, 6) is -0.448. The molecule has 0 aromatic heterocycles. The summed E-state index contributed by atoms with van der Waals surface area (Å²) in [5, 5.41) is 2.85. The van der Waals surface area contributed by atoms with Crippen LogP contribution in [0.5, 0.6) is 0 Å². The summed E-state index contributed by atoms with van der Waals surface area (Å²) >= 11 is 0. The van der Waals surface area contributed by atoms with Crippen LogP contribution in [0.15, 0.2) is 82.6 Å². The van der Waals surface area contributed by atoms with Crippen molar-refractivity contribution >= 4 is 31.5 Å². The quantitative estimate of drug-likeness (QED) is 0.549. The minimum atomic E-state index is -3.87. The Kier molecular flexibility index (Phi) is 6.94. The van der Waals surface area contributed by atoms with Crippen molar-refractivity contribution in [3.8, 4) is 0 Å². The number of hydrogen-bond donors (Lipinski definition) is 1. The van der Waals surface area contributed by atoms with E-state index in [1.54, 1.807) is 55.5 Å². The largest absolute Gasteiger partial charge is 0.345 e. The minimum Gasteiger partial charge on any atom is -0.345 e. The van der Waals surface area contributed by atoms with Crippen LogP contribution in [0.25, 0.3) is 0 Å². The number of sulfonamides is 1. The van der Waals surface area contributed by atoms with Crippen LogP contribution in [0.4, 0.5) is 5.69 Å². The highest BCUT2D eigenvalue weighted by atomic mass is 32.2. The van der Waals surface area contributed by atoms with Gasteiger partial charge in [0.05, 0.1) is 27.1 Å². The molecule has 0 heterocycles. The average molecular weight is 487 g/mol. The van der Waals surface area contributed by atoms with Crippen molar-refractivity contribution in [2.75, 3.05) is 17.6 Å². The lowest BCUT2D eigenvalue weighted by Gasteiger charge is -2.23. The van der Waals surface area contributed by atoms with Gasteiger partial charge in [0, 0.05) is 13.3 Å². The van der Waals surface area contributed by atoms with Crippen LogP contribution >= 0.6 is 0 Å².